The number of hydrogen-bond acceptors (Lipinski definition) is 4. The lowest BCUT2D eigenvalue weighted by Gasteiger charge is -2.43. The van der Waals surface area contributed by atoms with Gasteiger partial charge in [0.2, 0.25) is 5.91 Å². The molecule has 1 N–H and O–H groups in total. The van der Waals surface area contributed by atoms with Crippen LogP contribution in [0, 0.1) is 0 Å². The lowest BCUT2D eigenvalue weighted by Crippen LogP contribution is -2.58. The molecule has 5 nitrogen and oxygen atoms in total. The molecule has 2 aliphatic heterocycles. The van der Waals surface area contributed by atoms with Crippen molar-refractivity contribution in [1.82, 2.24) is 9.88 Å². The fourth-order valence-electron chi connectivity index (χ4n) is 3.16. The molecule has 3 rings (SSSR count). The molecule has 0 aliphatic carbocycles. The van der Waals surface area contributed by atoms with E-state index in [2.05, 4.69) is 4.98 Å². The fourth-order valence-corrected chi connectivity index (χ4v) is 3.16. The summed E-state index contributed by atoms with van der Waals surface area (Å²) in [6.45, 7) is 1.79. The van der Waals surface area contributed by atoms with Gasteiger partial charge in [0.15, 0.2) is 0 Å². The summed E-state index contributed by atoms with van der Waals surface area (Å²) in [6.07, 6.45) is 5.73. The van der Waals surface area contributed by atoms with Gasteiger partial charge < -0.3 is 14.7 Å². The van der Waals surface area contributed by atoms with Crippen molar-refractivity contribution < 1.29 is 14.6 Å². The van der Waals surface area contributed by atoms with Gasteiger partial charge in [-0.2, -0.15) is 0 Å². The molecule has 20 heavy (non-hydrogen) atoms. The summed E-state index contributed by atoms with van der Waals surface area (Å²) in [7, 11) is 0. The molecule has 2 aliphatic rings. The summed E-state index contributed by atoms with van der Waals surface area (Å²) in [5.74, 6) is 0.0831. The van der Waals surface area contributed by atoms with E-state index >= 15 is 0 Å². The zero-order chi connectivity index (χ0) is 14.0. The van der Waals surface area contributed by atoms with E-state index in [0.29, 0.717) is 32.5 Å². The SMILES string of the molecule is O=C(Cc1cccnc1)N1CC[C@H](O)[C@]2(CCCO2)C1. The molecule has 0 unspecified atom stereocenters. The first kappa shape index (κ1) is 13.5. The Bertz CT molecular complexity index is 471. The molecule has 1 aromatic rings. The van der Waals surface area contributed by atoms with Crippen LogP contribution in [0.25, 0.3) is 0 Å². The Kier molecular flexibility index (Phi) is 3.72. The van der Waals surface area contributed by atoms with Crippen molar-refractivity contribution in [2.75, 3.05) is 19.7 Å². The number of amides is 1. The molecule has 2 saturated heterocycles. The number of carbonyl (C=O) groups is 1. The van der Waals surface area contributed by atoms with E-state index in [1.807, 2.05) is 17.0 Å². The Morgan fingerprint density at radius 3 is 3.20 bits per heavy atom. The van der Waals surface area contributed by atoms with Crippen LogP contribution >= 0.6 is 0 Å². The largest absolute Gasteiger partial charge is 0.390 e. The van der Waals surface area contributed by atoms with Crippen LogP contribution in [0.15, 0.2) is 24.5 Å². The molecule has 2 atom stereocenters. The number of nitrogens with zero attached hydrogens (tertiary/aromatic N) is 2. The minimum Gasteiger partial charge on any atom is -0.390 e. The molecule has 3 heterocycles. The minimum absolute atomic E-state index is 0.0831. The van der Waals surface area contributed by atoms with Gasteiger partial charge in [0, 0.05) is 25.5 Å². The van der Waals surface area contributed by atoms with Gasteiger partial charge in [-0.15, -0.1) is 0 Å². The zero-order valence-electron chi connectivity index (χ0n) is 11.5. The highest BCUT2D eigenvalue weighted by molar-refractivity contribution is 5.79. The van der Waals surface area contributed by atoms with Crippen LogP contribution < -0.4 is 0 Å². The fraction of sp³-hybridized carbons (Fsp3) is 0.600. The highest BCUT2D eigenvalue weighted by atomic mass is 16.5. The second kappa shape index (κ2) is 5.50. The van der Waals surface area contributed by atoms with Crippen molar-refractivity contribution >= 4 is 5.91 Å². The maximum absolute atomic E-state index is 12.4. The van der Waals surface area contributed by atoms with E-state index < -0.39 is 11.7 Å². The van der Waals surface area contributed by atoms with E-state index in [9.17, 15) is 9.90 Å². The maximum atomic E-state index is 12.4. The Labute approximate surface area is 118 Å². The van der Waals surface area contributed by atoms with Gasteiger partial charge in [-0.05, 0) is 30.9 Å². The van der Waals surface area contributed by atoms with Crippen LogP contribution in [0.3, 0.4) is 0 Å². The van der Waals surface area contributed by atoms with E-state index in [1.54, 1.807) is 12.4 Å². The number of ether oxygens (including phenoxy) is 1. The van der Waals surface area contributed by atoms with E-state index in [-0.39, 0.29) is 5.91 Å². The molecule has 0 radical (unpaired) electrons. The van der Waals surface area contributed by atoms with Crippen molar-refractivity contribution in [3.8, 4) is 0 Å². The molecule has 1 amide bonds. The molecular weight excluding hydrogens is 256 g/mol. The standard InChI is InChI=1S/C15H20N2O3/c18-13-4-7-17(11-15(13)5-2-8-20-15)14(19)9-12-3-1-6-16-10-12/h1,3,6,10,13,18H,2,4-5,7-9,11H2/t13-,15-/m0/s1. The van der Waals surface area contributed by atoms with E-state index in [1.165, 1.54) is 0 Å². The second-order valence-corrected chi connectivity index (χ2v) is 5.67. The van der Waals surface area contributed by atoms with Gasteiger partial charge >= 0.3 is 0 Å². The van der Waals surface area contributed by atoms with Crippen molar-refractivity contribution in [3.05, 3.63) is 30.1 Å². The molecule has 0 aromatic carbocycles. The Morgan fingerprint density at radius 1 is 1.60 bits per heavy atom. The van der Waals surface area contributed by atoms with Crippen LogP contribution in [0.5, 0.6) is 0 Å². The van der Waals surface area contributed by atoms with Crippen molar-refractivity contribution in [2.24, 2.45) is 0 Å². The number of likely N-dealkylation sites (tertiary alicyclic amines) is 1. The van der Waals surface area contributed by atoms with Gasteiger partial charge in [0.25, 0.3) is 0 Å². The Hall–Kier alpha value is -1.46. The predicted molar refractivity (Wildman–Crippen MR) is 73.1 cm³/mol. The van der Waals surface area contributed by atoms with Gasteiger partial charge in [-0.25, -0.2) is 0 Å². The van der Waals surface area contributed by atoms with Crippen LogP contribution in [-0.2, 0) is 16.0 Å². The Balaban J connectivity index is 1.67. The van der Waals surface area contributed by atoms with Gasteiger partial charge in [-0.1, -0.05) is 6.07 Å². The normalized spacial score (nSPS) is 29.9. The molecular formula is C15H20N2O3. The quantitative estimate of drug-likeness (QED) is 0.866. The van der Waals surface area contributed by atoms with Crippen molar-refractivity contribution in [3.63, 3.8) is 0 Å². The monoisotopic (exact) mass is 276 g/mol. The summed E-state index contributed by atoms with van der Waals surface area (Å²) in [4.78, 5) is 18.2. The van der Waals surface area contributed by atoms with Crippen LogP contribution in [0.1, 0.15) is 24.8 Å². The van der Waals surface area contributed by atoms with Crippen LogP contribution in [0.4, 0.5) is 0 Å². The van der Waals surface area contributed by atoms with Crippen molar-refractivity contribution in [2.45, 2.75) is 37.4 Å². The third-order valence-corrected chi connectivity index (χ3v) is 4.30. The molecule has 5 heteroatoms. The summed E-state index contributed by atoms with van der Waals surface area (Å²) in [5.41, 5.74) is 0.396. The minimum atomic E-state index is -0.525. The number of pyridine rings is 1. The van der Waals surface area contributed by atoms with Crippen molar-refractivity contribution in [1.29, 1.82) is 0 Å². The highest BCUT2D eigenvalue weighted by Crippen LogP contribution is 2.34. The number of rotatable bonds is 2. The summed E-state index contributed by atoms with van der Waals surface area (Å²) < 4.78 is 5.77. The molecule has 0 bridgehead atoms. The second-order valence-electron chi connectivity index (χ2n) is 5.67. The lowest BCUT2D eigenvalue weighted by atomic mass is 9.87. The number of hydrogen-bond donors (Lipinski definition) is 1. The van der Waals surface area contributed by atoms with Crippen LogP contribution in [0.2, 0.25) is 0 Å². The van der Waals surface area contributed by atoms with Crippen LogP contribution in [-0.4, -0.2) is 52.3 Å². The number of piperidine rings is 1. The maximum Gasteiger partial charge on any atom is 0.227 e. The number of aromatic nitrogens is 1. The first-order valence-corrected chi connectivity index (χ1v) is 7.18. The molecule has 108 valence electrons. The van der Waals surface area contributed by atoms with Gasteiger partial charge in [0.05, 0.1) is 19.1 Å². The molecule has 1 spiro atoms. The third kappa shape index (κ3) is 2.55. The number of carbonyl (C=O) groups excluding carboxylic acids is 1. The summed E-state index contributed by atoms with van der Waals surface area (Å²) in [5, 5.41) is 10.2. The predicted octanol–water partition coefficient (Wildman–Crippen LogP) is 0.766. The molecule has 1 aromatic heterocycles. The van der Waals surface area contributed by atoms with Gasteiger partial charge in [0.1, 0.15) is 5.60 Å². The summed E-state index contributed by atoms with van der Waals surface area (Å²) in [6, 6.07) is 3.75. The first-order valence-electron chi connectivity index (χ1n) is 7.18. The average molecular weight is 276 g/mol. The number of aliphatic hydroxyl groups excluding tert-OH is 1. The Morgan fingerprint density at radius 2 is 2.50 bits per heavy atom. The van der Waals surface area contributed by atoms with E-state index in [4.69, 9.17) is 4.74 Å². The average Bonchev–Trinajstić information content (AvgIpc) is 2.92. The topological polar surface area (TPSA) is 62.7 Å². The lowest BCUT2D eigenvalue weighted by molar-refractivity contribution is -0.154. The number of aliphatic hydroxyl groups is 1. The van der Waals surface area contributed by atoms with E-state index in [0.717, 1.165) is 18.4 Å². The zero-order valence-corrected chi connectivity index (χ0v) is 11.5. The first-order chi connectivity index (χ1) is 9.70. The molecule has 0 saturated carbocycles. The highest BCUT2D eigenvalue weighted by Gasteiger charge is 2.47. The third-order valence-electron chi connectivity index (χ3n) is 4.30. The smallest absolute Gasteiger partial charge is 0.227 e. The summed E-state index contributed by atoms with van der Waals surface area (Å²) >= 11 is 0. The van der Waals surface area contributed by atoms with Gasteiger partial charge in [-0.3, -0.25) is 9.78 Å². The molecule has 2 fully saturated rings.